The van der Waals surface area contributed by atoms with Crippen molar-refractivity contribution in [2.75, 3.05) is 39.7 Å². The molecule has 6 N–H and O–H groups in total. The van der Waals surface area contributed by atoms with Gasteiger partial charge in [0, 0.05) is 42.9 Å². The predicted molar refractivity (Wildman–Crippen MR) is 153 cm³/mol. The maximum Gasteiger partial charge on any atom is 0.330 e. The number of ketones is 2. The van der Waals surface area contributed by atoms with Gasteiger partial charge < -0.3 is 35.8 Å². The fraction of sp³-hybridized carbons (Fsp3) is 0.467. The number of primary amides is 1. The number of hydrogen-bond donors (Lipinski definition) is 5. The Morgan fingerprint density at radius 3 is 2.40 bits per heavy atom. The highest BCUT2D eigenvalue weighted by Crippen LogP contribution is 2.54. The molecule has 0 unspecified atom stereocenters. The molecular formula is C30H37N3O9. The summed E-state index contributed by atoms with van der Waals surface area (Å²) in [6, 6.07) is 0.484. The monoisotopic (exact) mass is 583 g/mol. The molecule has 3 aliphatic carbocycles. The van der Waals surface area contributed by atoms with Gasteiger partial charge in [0.2, 0.25) is 5.78 Å². The van der Waals surface area contributed by atoms with Crippen molar-refractivity contribution in [1.29, 1.82) is 0 Å². The molecule has 0 radical (unpaired) electrons. The van der Waals surface area contributed by atoms with Crippen LogP contribution >= 0.6 is 0 Å². The standard InChI is InChI=1S/C30H37N3O9/c1-6-7-10-42-19(34)9-8-14-13-18(32(2)3)16-11-15-12-17-23(33(4)5)26(37)22(29(31)40)28(39)30(17,41)27(38)20(15)25(36)21(16)24(14)35/h8-9,13,15,17,23,35-36,39,41H,6-7,10-12H2,1-5H3,(H2,31,40)/b9-8+/t15-,17-,23-,30-/m1/s1. The first-order chi connectivity index (χ1) is 19.7. The van der Waals surface area contributed by atoms with E-state index in [-0.39, 0.29) is 36.1 Å². The van der Waals surface area contributed by atoms with Crippen LogP contribution in [0.2, 0.25) is 0 Å². The van der Waals surface area contributed by atoms with Crippen LogP contribution in [0.1, 0.15) is 42.9 Å². The van der Waals surface area contributed by atoms with Crippen molar-refractivity contribution in [3.63, 3.8) is 0 Å². The van der Waals surface area contributed by atoms with Gasteiger partial charge in [-0.1, -0.05) is 13.3 Å². The van der Waals surface area contributed by atoms with Crippen molar-refractivity contribution >= 4 is 41.0 Å². The zero-order valence-electron chi connectivity index (χ0n) is 24.3. The molecule has 0 bridgehead atoms. The van der Waals surface area contributed by atoms with E-state index >= 15 is 0 Å². The quantitative estimate of drug-likeness (QED) is 0.129. The van der Waals surface area contributed by atoms with Gasteiger partial charge in [0.25, 0.3) is 5.91 Å². The maximum atomic E-state index is 14.0. The summed E-state index contributed by atoms with van der Waals surface area (Å²) in [5.74, 6) is -7.80. The van der Waals surface area contributed by atoms with E-state index in [4.69, 9.17) is 10.5 Å². The summed E-state index contributed by atoms with van der Waals surface area (Å²) in [6.07, 6.45) is 4.19. The molecule has 0 saturated heterocycles. The molecule has 1 aromatic carbocycles. The molecule has 42 heavy (non-hydrogen) atoms. The van der Waals surface area contributed by atoms with Crippen LogP contribution < -0.4 is 10.6 Å². The summed E-state index contributed by atoms with van der Waals surface area (Å²) >= 11 is 0. The number of aliphatic hydroxyl groups excluding tert-OH is 2. The van der Waals surface area contributed by atoms with Crippen LogP contribution in [0.4, 0.5) is 5.69 Å². The van der Waals surface area contributed by atoms with Crippen LogP contribution in [0.15, 0.2) is 29.0 Å². The molecule has 226 valence electrons. The molecule has 1 amide bonds. The number of phenols is 1. The number of esters is 1. The van der Waals surface area contributed by atoms with E-state index in [1.807, 2.05) is 6.92 Å². The van der Waals surface area contributed by atoms with Crippen molar-refractivity contribution in [1.82, 2.24) is 4.90 Å². The fourth-order valence-electron chi connectivity index (χ4n) is 6.36. The molecule has 0 spiro atoms. The lowest BCUT2D eigenvalue weighted by molar-refractivity contribution is -0.153. The third-order valence-electron chi connectivity index (χ3n) is 8.35. The first-order valence-corrected chi connectivity index (χ1v) is 13.7. The van der Waals surface area contributed by atoms with Gasteiger partial charge in [-0.25, -0.2) is 4.79 Å². The first kappa shape index (κ1) is 30.8. The van der Waals surface area contributed by atoms with Crippen molar-refractivity contribution in [3.8, 4) is 5.75 Å². The minimum atomic E-state index is -2.72. The molecule has 0 heterocycles. The predicted octanol–water partition coefficient (Wildman–Crippen LogP) is 1.39. The third kappa shape index (κ3) is 4.74. The Kier molecular flexibility index (Phi) is 8.25. The smallest absolute Gasteiger partial charge is 0.330 e. The van der Waals surface area contributed by atoms with Gasteiger partial charge in [0.1, 0.15) is 22.8 Å². The van der Waals surface area contributed by atoms with Gasteiger partial charge in [-0.3, -0.25) is 19.3 Å². The highest BCUT2D eigenvalue weighted by molar-refractivity contribution is 6.24. The number of amides is 1. The number of nitrogens with zero attached hydrogens (tertiary/aromatic N) is 2. The number of benzene rings is 1. The number of likely N-dealkylation sites (N-methyl/N-ethyl adjacent to an activating group) is 1. The van der Waals surface area contributed by atoms with Gasteiger partial charge in [-0.05, 0) is 57.0 Å². The molecule has 0 aliphatic heterocycles. The van der Waals surface area contributed by atoms with Gasteiger partial charge >= 0.3 is 5.97 Å². The molecule has 1 saturated carbocycles. The molecule has 4 rings (SSSR count). The largest absolute Gasteiger partial charge is 0.508 e. The molecule has 1 fully saturated rings. The number of fused-ring (bicyclic) bond motifs is 3. The maximum absolute atomic E-state index is 14.0. The second-order valence-electron chi connectivity index (χ2n) is 11.4. The number of aliphatic hydroxyl groups is 3. The first-order valence-electron chi connectivity index (χ1n) is 13.7. The average molecular weight is 584 g/mol. The third-order valence-corrected chi connectivity index (χ3v) is 8.35. The number of phenolic OH excluding ortho intramolecular Hbond substituents is 1. The van der Waals surface area contributed by atoms with Crippen molar-refractivity contribution in [2.24, 2.45) is 17.6 Å². The Bertz CT molecular complexity index is 1460. The van der Waals surface area contributed by atoms with Crippen molar-refractivity contribution in [2.45, 2.75) is 44.2 Å². The SMILES string of the molecule is CCCCOC(=O)/C=C/c1cc(N(C)C)c2c(c1O)C(O)=C1C(=O)[C@@]3(O)C(O)=C(C(N)=O)C(=O)[C@H](N(C)C)[C@H]3C[C@H]1C2. The van der Waals surface area contributed by atoms with Crippen molar-refractivity contribution < 1.29 is 44.3 Å². The minimum Gasteiger partial charge on any atom is -0.508 e. The summed E-state index contributed by atoms with van der Waals surface area (Å²) in [5.41, 5.74) is 2.77. The van der Waals surface area contributed by atoms with Crippen LogP contribution in [0.3, 0.4) is 0 Å². The molecule has 12 heteroatoms. The Hall–Kier alpha value is -4.16. The topological polar surface area (TPSA) is 191 Å². The number of anilines is 1. The lowest BCUT2D eigenvalue weighted by Gasteiger charge is -2.50. The van der Waals surface area contributed by atoms with Crippen LogP contribution in [0.5, 0.6) is 5.75 Å². The molecular weight excluding hydrogens is 546 g/mol. The summed E-state index contributed by atoms with van der Waals surface area (Å²) in [4.78, 5) is 54.8. The summed E-state index contributed by atoms with van der Waals surface area (Å²) in [5, 5.41) is 45.5. The van der Waals surface area contributed by atoms with E-state index in [2.05, 4.69) is 0 Å². The Labute approximate surface area is 243 Å². The molecule has 1 aromatic rings. The molecule has 3 aliphatic rings. The molecule has 12 nitrogen and oxygen atoms in total. The number of unbranched alkanes of at least 4 members (excludes halogenated alkanes) is 1. The van der Waals surface area contributed by atoms with Gasteiger partial charge in [-0.15, -0.1) is 0 Å². The zero-order valence-corrected chi connectivity index (χ0v) is 24.3. The van der Waals surface area contributed by atoms with Gasteiger partial charge in [0.15, 0.2) is 11.4 Å². The Balaban J connectivity index is 1.89. The molecule has 4 atom stereocenters. The number of Topliss-reactive ketones (excluding diaryl/α,β-unsaturated/α-hetero) is 2. The molecule has 0 aromatic heterocycles. The van der Waals surface area contributed by atoms with E-state index in [0.717, 1.165) is 12.5 Å². The second-order valence-corrected chi connectivity index (χ2v) is 11.4. The normalized spacial score (nSPS) is 25.5. The van der Waals surface area contributed by atoms with Crippen LogP contribution in [0.25, 0.3) is 11.8 Å². The van der Waals surface area contributed by atoms with E-state index in [1.54, 1.807) is 39.2 Å². The van der Waals surface area contributed by atoms with E-state index < -0.39 is 69.8 Å². The van der Waals surface area contributed by atoms with Crippen molar-refractivity contribution in [3.05, 3.63) is 45.7 Å². The van der Waals surface area contributed by atoms with Crippen LogP contribution in [0, 0.1) is 11.8 Å². The van der Waals surface area contributed by atoms with E-state index in [9.17, 15) is 39.6 Å². The van der Waals surface area contributed by atoms with E-state index in [0.29, 0.717) is 17.7 Å². The number of ether oxygens (including phenoxy) is 1. The van der Waals surface area contributed by atoms with Gasteiger partial charge in [-0.2, -0.15) is 0 Å². The lowest BCUT2D eigenvalue weighted by Crippen LogP contribution is -2.65. The lowest BCUT2D eigenvalue weighted by atomic mass is 9.57. The Morgan fingerprint density at radius 2 is 1.83 bits per heavy atom. The number of hydrogen-bond acceptors (Lipinski definition) is 11. The minimum absolute atomic E-state index is 0.00928. The zero-order chi connectivity index (χ0) is 31.3. The number of carbonyl (C=O) groups excluding carboxylic acids is 4. The summed E-state index contributed by atoms with van der Waals surface area (Å²) in [7, 11) is 6.61. The van der Waals surface area contributed by atoms with Crippen LogP contribution in [-0.2, 0) is 30.3 Å². The Morgan fingerprint density at radius 1 is 1.17 bits per heavy atom. The number of nitrogens with two attached hydrogens (primary N) is 1. The number of carbonyl (C=O) groups is 4. The summed E-state index contributed by atoms with van der Waals surface area (Å²) < 4.78 is 5.13. The van der Waals surface area contributed by atoms with Crippen LogP contribution in [-0.4, -0.2) is 95.2 Å². The number of rotatable bonds is 8. The average Bonchev–Trinajstić information content (AvgIpc) is 2.89. The summed E-state index contributed by atoms with van der Waals surface area (Å²) in [6.45, 7) is 2.21. The highest BCUT2D eigenvalue weighted by Gasteiger charge is 2.64. The highest BCUT2D eigenvalue weighted by atomic mass is 16.5. The second kappa shape index (κ2) is 11.3. The van der Waals surface area contributed by atoms with E-state index in [1.165, 1.54) is 11.0 Å². The van der Waals surface area contributed by atoms with Gasteiger partial charge in [0.05, 0.1) is 18.2 Å². The number of aromatic hydroxyl groups is 1. The fourth-order valence-corrected chi connectivity index (χ4v) is 6.36.